The summed E-state index contributed by atoms with van der Waals surface area (Å²) in [6.07, 6.45) is -2.02. The van der Waals surface area contributed by atoms with Crippen molar-refractivity contribution in [2.75, 3.05) is 0 Å². The monoisotopic (exact) mass is 392 g/mol. The molecule has 1 aromatic carbocycles. The van der Waals surface area contributed by atoms with Crippen LogP contribution >= 0.6 is 38.9 Å². The average Bonchev–Trinajstić information content (AvgIpc) is 2.74. The van der Waals surface area contributed by atoms with Crippen molar-refractivity contribution in [1.29, 1.82) is 0 Å². The van der Waals surface area contributed by atoms with Crippen molar-refractivity contribution in [3.8, 4) is 0 Å². The van der Waals surface area contributed by atoms with Crippen LogP contribution < -0.4 is 0 Å². The predicted octanol–water partition coefficient (Wildman–Crippen LogP) is 4.94. The van der Waals surface area contributed by atoms with Crippen molar-refractivity contribution < 1.29 is 27.1 Å². The van der Waals surface area contributed by atoms with Gasteiger partial charge >= 0.3 is 0 Å². The Hall–Kier alpha value is -0.700. The Morgan fingerprint density at radius 3 is 1.85 bits per heavy atom. The van der Waals surface area contributed by atoms with E-state index in [0.29, 0.717) is 3.79 Å². The third-order valence-corrected chi connectivity index (χ3v) is 4.98. The van der Waals surface area contributed by atoms with E-state index in [1.54, 1.807) is 0 Å². The smallest absolute Gasteiger partial charge is 0.200 e. The van der Waals surface area contributed by atoms with Crippen LogP contribution in [0.25, 0.3) is 0 Å². The van der Waals surface area contributed by atoms with E-state index in [1.165, 1.54) is 6.07 Å². The summed E-state index contributed by atoms with van der Waals surface area (Å²) in [7, 11) is 0. The molecule has 1 aromatic heterocycles. The molecule has 2 rings (SSSR count). The summed E-state index contributed by atoms with van der Waals surface area (Å²) in [5.41, 5.74) is -1.31. The first-order valence-corrected chi connectivity index (χ1v) is 6.88. The summed E-state index contributed by atoms with van der Waals surface area (Å²) in [5.74, 6) is -10.6. The number of thiophene rings is 1. The second-order valence-corrected chi connectivity index (χ2v) is 6.47. The Kier molecular flexibility index (Phi) is 4.38. The minimum absolute atomic E-state index is 0.0647. The van der Waals surface area contributed by atoms with Crippen molar-refractivity contribution in [2.24, 2.45) is 0 Å². The first-order valence-electron chi connectivity index (χ1n) is 4.89. The molecule has 2 aromatic rings. The van der Waals surface area contributed by atoms with Crippen molar-refractivity contribution in [3.05, 3.63) is 54.4 Å². The zero-order valence-electron chi connectivity index (χ0n) is 9.16. The van der Waals surface area contributed by atoms with Crippen molar-refractivity contribution >= 4 is 38.9 Å². The number of halogens is 7. The summed E-state index contributed by atoms with van der Waals surface area (Å²) in [6.45, 7) is 0. The third kappa shape index (κ3) is 2.45. The summed E-state index contributed by atoms with van der Waals surface area (Å²) in [4.78, 5) is -0.0647. The van der Waals surface area contributed by atoms with Crippen LogP contribution in [0.2, 0.25) is 5.02 Å². The minimum atomic E-state index is -2.28. The van der Waals surface area contributed by atoms with Gasteiger partial charge in [0.1, 0.15) is 6.10 Å². The SMILES string of the molecule is OC(c1cc(Cl)c(Br)s1)c1c(F)c(F)c(F)c(F)c1F. The number of hydrogen-bond acceptors (Lipinski definition) is 2. The van der Waals surface area contributed by atoms with Gasteiger partial charge in [0, 0.05) is 4.88 Å². The van der Waals surface area contributed by atoms with Crippen LogP contribution in [-0.2, 0) is 0 Å². The second-order valence-electron chi connectivity index (χ2n) is 3.66. The van der Waals surface area contributed by atoms with Crippen molar-refractivity contribution in [3.63, 3.8) is 0 Å². The lowest BCUT2D eigenvalue weighted by Crippen LogP contribution is -2.11. The normalized spacial score (nSPS) is 12.8. The highest BCUT2D eigenvalue weighted by molar-refractivity contribution is 9.11. The Morgan fingerprint density at radius 1 is 1.00 bits per heavy atom. The molecule has 0 amide bonds. The molecule has 0 saturated carbocycles. The number of benzene rings is 1. The van der Waals surface area contributed by atoms with Gasteiger partial charge in [-0.3, -0.25) is 0 Å². The number of aliphatic hydroxyl groups is 1. The molecular weight excluding hydrogens is 391 g/mol. The molecule has 1 unspecified atom stereocenters. The van der Waals surface area contributed by atoms with Crippen molar-refractivity contribution in [1.82, 2.24) is 0 Å². The molecule has 1 heterocycles. The zero-order chi connectivity index (χ0) is 15.2. The van der Waals surface area contributed by atoms with E-state index in [0.717, 1.165) is 11.3 Å². The van der Waals surface area contributed by atoms with Gasteiger partial charge in [0.05, 0.1) is 14.4 Å². The second kappa shape index (κ2) is 5.59. The largest absolute Gasteiger partial charge is 0.383 e. The van der Waals surface area contributed by atoms with Crippen LogP contribution in [0.5, 0.6) is 0 Å². The minimum Gasteiger partial charge on any atom is -0.383 e. The summed E-state index contributed by atoms with van der Waals surface area (Å²) in [6, 6.07) is 1.17. The lowest BCUT2D eigenvalue weighted by Gasteiger charge is -2.13. The molecule has 9 heteroatoms. The van der Waals surface area contributed by atoms with Crippen LogP contribution in [0.3, 0.4) is 0 Å². The topological polar surface area (TPSA) is 20.2 Å². The maximum absolute atomic E-state index is 13.5. The van der Waals surface area contributed by atoms with E-state index in [1.807, 2.05) is 0 Å². The molecule has 1 nitrogen and oxygen atoms in total. The molecular formula is C11H3BrClF5OS. The van der Waals surface area contributed by atoms with E-state index < -0.39 is 40.8 Å². The molecule has 1 N–H and O–H groups in total. The predicted molar refractivity (Wildman–Crippen MR) is 67.3 cm³/mol. The maximum atomic E-state index is 13.5. The van der Waals surface area contributed by atoms with E-state index in [-0.39, 0.29) is 9.90 Å². The van der Waals surface area contributed by atoms with Crippen LogP contribution in [-0.4, -0.2) is 5.11 Å². The van der Waals surface area contributed by atoms with Gasteiger partial charge in [-0.15, -0.1) is 11.3 Å². The van der Waals surface area contributed by atoms with E-state index in [9.17, 15) is 27.1 Å². The summed E-state index contributed by atoms with van der Waals surface area (Å²) >= 11 is 9.51. The Balaban J connectivity index is 2.63. The van der Waals surface area contributed by atoms with Gasteiger partial charge in [-0.25, -0.2) is 22.0 Å². The van der Waals surface area contributed by atoms with Crippen LogP contribution in [0.4, 0.5) is 22.0 Å². The Bertz CT molecular complexity index is 641. The fourth-order valence-corrected chi connectivity index (χ4v) is 3.25. The Morgan fingerprint density at radius 2 is 1.45 bits per heavy atom. The lowest BCUT2D eigenvalue weighted by atomic mass is 10.1. The quantitative estimate of drug-likeness (QED) is 0.435. The van der Waals surface area contributed by atoms with Gasteiger partial charge in [-0.1, -0.05) is 11.6 Å². The molecule has 0 spiro atoms. The van der Waals surface area contributed by atoms with Gasteiger partial charge in [-0.05, 0) is 22.0 Å². The van der Waals surface area contributed by atoms with Gasteiger partial charge in [-0.2, -0.15) is 0 Å². The molecule has 0 saturated heterocycles. The molecule has 0 aliphatic heterocycles. The number of hydrogen-bond donors (Lipinski definition) is 1. The van der Waals surface area contributed by atoms with Crippen LogP contribution in [0.15, 0.2) is 9.85 Å². The Labute approximate surface area is 126 Å². The highest BCUT2D eigenvalue weighted by Crippen LogP contribution is 2.39. The van der Waals surface area contributed by atoms with Gasteiger partial charge < -0.3 is 5.11 Å². The molecule has 1 atom stereocenters. The lowest BCUT2D eigenvalue weighted by molar-refractivity contribution is 0.206. The van der Waals surface area contributed by atoms with E-state index in [4.69, 9.17) is 11.6 Å². The molecule has 0 fully saturated rings. The molecule has 0 bridgehead atoms. The van der Waals surface area contributed by atoms with E-state index in [2.05, 4.69) is 15.9 Å². The van der Waals surface area contributed by atoms with Gasteiger partial charge in [0.25, 0.3) is 0 Å². The molecule has 0 radical (unpaired) electrons. The fraction of sp³-hybridized carbons (Fsp3) is 0.0909. The first-order chi connectivity index (χ1) is 9.25. The molecule has 108 valence electrons. The van der Waals surface area contributed by atoms with Gasteiger partial charge in [0.15, 0.2) is 23.3 Å². The van der Waals surface area contributed by atoms with Crippen LogP contribution in [0.1, 0.15) is 16.5 Å². The highest BCUT2D eigenvalue weighted by atomic mass is 79.9. The maximum Gasteiger partial charge on any atom is 0.200 e. The first kappa shape index (κ1) is 15.7. The zero-order valence-corrected chi connectivity index (χ0v) is 12.3. The van der Waals surface area contributed by atoms with Gasteiger partial charge in [0.2, 0.25) is 5.82 Å². The fourth-order valence-electron chi connectivity index (χ4n) is 1.50. The number of rotatable bonds is 2. The summed E-state index contributed by atoms with van der Waals surface area (Å²) < 4.78 is 66.4. The van der Waals surface area contributed by atoms with Crippen molar-refractivity contribution in [2.45, 2.75) is 6.10 Å². The molecule has 20 heavy (non-hydrogen) atoms. The highest BCUT2D eigenvalue weighted by Gasteiger charge is 2.31. The van der Waals surface area contributed by atoms with E-state index >= 15 is 0 Å². The molecule has 0 aliphatic rings. The third-order valence-electron chi connectivity index (χ3n) is 2.45. The average molecular weight is 394 g/mol. The standard InChI is InChI=1S/C11H3BrClF5OS/c12-11-2(13)1-3(20-11)10(19)4-5(14)7(16)9(18)8(17)6(4)15/h1,10,19H. The number of aliphatic hydroxyl groups excluding tert-OH is 1. The molecule has 0 aliphatic carbocycles. The summed E-state index contributed by atoms with van der Waals surface area (Å²) in [5, 5.41) is 9.97. The van der Waals surface area contributed by atoms with Crippen LogP contribution in [0, 0.1) is 29.1 Å².